The van der Waals surface area contributed by atoms with Crippen molar-refractivity contribution in [3.63, 3.8) is 0 Å². The first kappa shape index (κ1) is 15.4. The second-order valence-electron chi connectivity index (χ2n) is 4.78. The lowest BCUT2D eigenvalue weighted by Crippen LogP contribution is -2.43. The largest absolute Gasteiger partial charge is 0.396 e. The SMILES string of the molecule is Nc1c(Cl)cc(C(=O)NC2CCCS(=O)(=O)C2)cc1Cl. The number of carbonyl (C=O) groups is 1. The van der Waals surface area contributed by atoms with E-state index in [1.807, 2.05) is 0 Å². The number of nitrogens with one attached hydrogen (secondary N) is 1. The topological polar surface area (TPSA) is 89.3 Å². The van der Waals surface area contributed by atoms with E-state index in [9.17, 15) is 13.2 Å². The molecule has 20 heavy (non-hydrogen) atoms. The zero-order valence-corrected chi connectivity index (χ0v) is 12.9. The molecule has 3 N–H and O–H groups in total. The smallest absolute Gasteiger partial charge is 0.251 e. The zero-order valence-electron chi connectivity index (χ0n) is 10.5. The minimum absolute atomic E-state index is 0.0326. The molecule has 2 rings (SSSR count). The average Bonchev–Trinajstić information content (AvgIpc) is 2.34. The van der Waals surface area contributed by atoms with Gasteiger partial charge in [-0.05, 0) is 25.0 Å². The summed E-state index contributed by atoms with van der Waals surface area (Å²) in [5.74, 6) is -0.260. The van der Waals surface area contributed by atoms with Crippen molar-refractivity contribution < 1.29 is 13.2 Å². The Morgan fingerprint density at radius 1 is 1.30 bits per heavy atom. The molecule has 1 aliphatic rings. The molecular weight excluding hydrogens is 323 g/mol. The van der Waals surface area contributed by atoms with Crippen LogP contribution in [0.2, 0.25) is 10.0 Å². The second-order valence-corrected chi connectivity index (χ2v) is 7.82. The standard InChI is InChI=1S/C12H14Cl2N2O3S/c13-9-4-7(5-10(14)11(9)15)12(17)16-8-2-1-3-20(18,19)6-8/h4-5,8H,1-3,6,15H2,(H,16,17). The van der Waals surface area contributed by atoms with Crippen LogP contribution < -0.4 is 11.1 Å². The maximum absolute atomic E-state index is 12.1. The molecule has 5 nitrogen and oxygen atoms in total. The summed E-state index contributed by atoms with van der Waals surface area (Å²) in [6, 6.07) is 2.45. The van der Waals surface area contributed by atoms with Crippen molar-refractivity contribution in [1.29, 1.82) is 0 Å². The number of benzene rings is 1. The van der Waals surface area contributed by atoms with E-state index in [2.05, 4.69) is 5.32 Å². The average molecular weight is 337 g/mol. The van der Waals surface area contributed by atoms with Crippen LogP contribution in [0.5, 0.6) is 0 Å². The molecule has 0 spiro atoms. The Balaban J connectivity index is 2.13. The summed E-state index contributed by atoms with van der Waals surface area (Å²) in [5, 5.41) is 3.08. The minimum Gasteiger partial charge on any atom is -0.396 e. The molecule has 1 unspecified atom stereocenters. The van der Waals surface area contributed by atoms with Crippen LogP contribution in [0.3, 0.4) is 0 Å². The van der Waals surface area contributed by atoms with E-state index in [0.29, 0.717) is 12.8 Å². The fourth-order valence-corrected chi connectivity index (χ4v) is 4.24. The predicted molar refractivity (Wildman–Crippen MR) is 80.0 cm³/mol. The van der Waals surface area contributed by atoms with Gasteiger partial charge in [-0.1, -0.05) is 23.2 Å². The summed E-state index contributed by atoms with van der Waals surface area (Å²) in [4.78, 5) is 12.1. The van der Waals surface area contributed by atoms with Crippen LogP contribution in [0.1, 0.15) is 23.2 Å². The van der Waals surface area contributed by atoms with E-state index < -0.39 is 15.7 Å². The molecule has 1 aromatic carbocycles. The molecule has 0 saturated carbocycles. The van der Waals surface area contributed by atoms with Crippen molar-refractivity contribution >= 4 is 44.6 Å². The molecule has 8 heteroatoms. The van der Waals surface area contributed by atoms with Crippen molar-refractivity contribution in [1.82, 2.24) is 5.32 Å². The van der Waals surface area contributed by atoms with E-state index in [0.717, 1.165) is 0 Å². The van der Waals surface area contributed by atoms with E-state index in [1.54, 1.807) is 0 Å². The molecule has 0 aromatic heterocycles. The Labute approximate surface area is 127 Å². The van der Waals surface area contributed by atoms with Gasteiger partial charge in [0.05, 0.1) is 27.2 Å². The fraction of sp³-hybridized carbons (Fsp3) is 0.417. The van der Waals surface area contributed by atoms with E-state index in [4.69, 9.17) is 28.9 Å². The molecule has 0 radical (unpaired) electrons. The van der Waals surface area contributed by atoms with Crippen molar-refractivity contribution in [2.75, 3.05) is 17.2 Å². The number of hydrogen-bond acceptors (Lipinski definition) is 4. The summed E-state index contributed by atoms with van der Waals surface area (Å²) in [6.45, 7) is 0. The van der Waals surface area contributed by atoms with Gasteiger partial charge in [0.1, 0.15) is 0 Å². The highest BCUT2D eigenvalue weighted by atomic mass is 35.5. The number of rotatable bonds is 2. The lowest BCUT2D eigenvalue weighted by atomic mass is 10.1. The van der Waals surface area contributed by atoms with Crippen LogP contribution >= 0.6 is 23.2 Å². The Kier molecular flexibility index (Phi) is 4.46. The summed E-state index contributed by atoms with van der Waals surface area (Å²) >= 11 is 11.7. The molecule has 1 aromatic rings. The first-order valence-electron chi connectivity index (χ1n) is 6.04. The van der Waals surface area contributed by atoms with Gasteiger partial charge in [0.2, 0.25) is 0 Å². The Bertz CT molecular complexity index is 623. The molecule has 1 atom stereocenters. The van der Waals surface area contributed by atoms with Crippen LogP contribution in [0.4, 0.5) is 5.69 Å². The number of sulfone groups is 1. The highest BCUT2D eigenvalue weighted by Crippen LogP contribution is 2.28. The molecule has 110 valence electrons. The molecule has 1 amide bonds. The molecule has 0 bridgehead atoms. The second kappa shape index (κ2) is 5.79. The number of nitrogen functional groups attached to an aromatic ring is 1. The lowest BCUT2D eigenvalue weighted by Gasteiger charge is -2.23. The molecule has 1 saturated heterocycles. The summed E-state index contributed by atoms with van der Waals surface area (Å²) < 4.78 is 23.0. The van der Waals surface area contributed by atoms with Crippen LogP contribution in [0, 0.1) is 0 Å². The predicted octanol–water partition coefficient (Wildman–Crippen LogP) is 1.88. The van der Waals surface area contributed by atoms with Crippen molar-refractivity contribution in [2.24, 2.45) is 0 Å². The first-order valence-corrected chi connectivity index (χ1v) is 8.62. The molecular formula is C12H14Cl2N2O3S. The fourth-order valence-electron chi connectivity index (χ4n) is 2.12. The van der Waals surface area contributed by atoms with Gasteiger partial charge in [-0.25, -0.2) is 8.42 Å². The van der Waals surface area contributed by atoms with Crippen LogP contribution in [-0.4, -0.2) is 31.9 Å². The van der Waals surface area contributed by atoms with Crippen molar-refractivity contribution in [3.05, 3.63) is 27.7 Å². The normalized spacial score (nSPS) is 21.4. The number of nitrogens with two attached hydrogens (primary N) is 1. The van der Waals surface area contributed by atoms with Gasteiger partial charge < -0.3 is 11.1 Å². The van der Waals surface area contributed by atoms with Gasteiger partial charge >= 0.3 is 0 Å². The third kappa shape index (κ3) is 3.56. The number of amides is 1. The number of carbonyl (C=O) groups excluding carboxylic acids is 1. The number of hydrogen-bond donors (Lipinski definition) is 2. The maximum atomic E-state index is 12.1. The van der Waals surface area contributed by atoms with Crippen LogP contribution in [0.25, 0.3) is 0 Å². The summed E-state index contributed by atoms with van der Waals surface area (Å²) in [5.41, 5.74) is 6.07. The monoisotopic (exact) mass is 336 g/mol. The quantitative estimate of drug-likeness (QED) is 0.807. The molecule has 0 aliphatic carbocycles. The molecule has 1 aliphatic heterocycles. The third-order valence-electron chi connectivity index (χ3n) is 3.14. The highest BCUT2D eigenvalue weighted by Gasteiger charge is 2.26. The van der Waals surface area contributed by atoms with Gasteiger partial charge in [0.15, 0.2) is 9.84 Å². The van der Waals surface area contributed by atoms with Gasteiger partial charge in [0.25, 0.3) is 5.91 Å². The lowest BCUT2D eigenvalue weighted by molar-refractivity contribution is 0.0938. The summed E-state index contributed by atoms with van der Waals surface area (Å²) in [6.07, 6.45) is 1.19. The van der Waals surface area contributed by atoms with Crippen LogP contribution in [-0.2, 0) is 9.84 Å². The Hall–Kier alpha value is -0.980. The van der Waals surface area contributed by atoms with Gasteiger partial charge in [-0.2, -0.15) is 0 Å². The Morgan fingerprint density at radius 3 is 2.45 bits per heavy atom. The van der Waals surface area contributed by atoms with Gasteiger partial charge in [-0.15, -0.1) is 0 Å². The first-order chi connectivity index (χ1) is 9.28. The number of anilines is 1. The zero-order chi connectivity index (χ0) is 14.9. The molecule has 1 fully saturated rings. The Morgan fingerprint density at radius 2 is 1.90 bits per heavy atom. The summed E-state index contributed by atoms with van der Waals surface area (Å²) in [7, 11) is -3.07. The third-order valence-corrected chi connectivity index (χ3v) is 5.59. The van der Waals surface area contributed by atoms with Crippen LogP contribution in [0.15, 0.2) is 12.1 Å². The maximum Gasteiger partial charge on any atom is 0.251 e. The minimum atomic E-state index is -3.07. The van der Waals surface area contributed by atoms with E-state index in [1.165, 1.54) is 12.1 Å². The van der Waals surface area contributed by atoms with Crippen molar-refractivity contribution in [2.45, 2.75) is 18.9 Å². The highest BCUT2D eigenvalue weighted by molar-refractivity contribution is 7.91. The molecule has 1 heterocycles. The van der Waals surface area contributed by atoms with E-state index in [-0.39, 0.29) is 38.8 Å². The van der Waals surface area contributed by atoms with Gasteiger partial charge in [-0.3, -0.25) is 4.79 Å². The van der Waals surface area contributed by atoms with Gasteiger partial charge in [0, 0.05) is 11.6 Å². The number of halogens is 2. The van der Waals surface area contributed by atoms with E-state index >= 15 is 0 Å². The van der Waals surface area contributed by atoms with Crippen molar-refractivity contribution in [3.8, 4) is 0 Å².